The second-order valence-corrected chi connectivity index (χ2v) is 8.63. The molecule has 0 saturated heterocycles. The maximum absolute atomic E-state index is 14.0. The summed E-state index contributed by atoms with van der Waals surface area (Å²) in [5.41, 5.74) is -2.14. The van der Waals surface area contributed by atoms with Crippen molar-refractivity contribution in [2.75, 3.05) is 0 Å². The van der Waals surface area contributed by atoms with Crippen LogP contribution in [-0.4, -0.2) is 27.2 Å². The fourth-order valence-corrected chi connectivity index (χ4v) is 4.41. The summed E-state index contributed by atoms with van der Waals surface area (Å²) >= 11 is 0. The maximum atomic E-state index is 14.0. The standard InChI is InChI=1S/C22H25F4NO2/c1-14-7-8-15(23)11-17(14)20(2,3)12-21(29,22(24,25)26)13-27-10-9-16-18(27)5-4-6-19(16)28/h7-11,29H,4-6,12-13H2,1-3H3. The molecule has 2 aromatic rings. The van der Waals surface area contributed by atoms with Crippen LogP contribution >= 0.6 is 0 Å². The predicted molar refractivity (Wildman–Crippen MR) is 101 cm³/mol. The number of ketones is 1. The van der Waals surface area contributed by atoms with Crippen molar-refractivity contribution in [2.45, 2.75) is 70.2 Å². The molecule has 0 fully saturated rings. The van der Waals surface area contributed by atoms with Crippen molar-refractivity contribution in [3.05, 3.63) is 58.7 Å². The number of Topliss-reactive ketones (excluding diaryl/α,β-unsaturated/α-hetero) is 1. The number of nitrogens with zero attached hydrogens (tertiary/aromatic N) is 1. The lowest BCUT2D eigenvalue weighted by Gasteiger charge is -2.39. The molecule has 1 unspecified atom stereocenters. The molecule has 1 aliphatic carbocycles. The molecule has 0 amide bonds. The van der Waals surface area contributed by atoms with Gasteiger partial charge < -0.3 is 9.67 Å². The number of rotatable bonds is 5. The zero-order valence-electron chi connectivity index (χ0n) is 16.7. The number of carbonyl (C=O) groups is 1. The van der Waals surface area contributed by atoms with Crippen LogP contribution in [0.4, 0.5) is 17.6 Å². The van der Waals surface area contributed by atoms with Gasteiger partial charge in [-0.25, -0.2) is 4.39 Å². The summed E-state index contributed by atoms with van der Waals surface area (Å²) in [5.74, 6) is -0.622. The molecule has 0 spiro atoms. The van der Waals surface area contributed by atoms with Crippen molar-refractivity contribution < 1.29 is 27.5 Å². The van der Waals surface area contributed by atoms with Crippen molar-refractivity contribution in [2.24, 2.45) is 0 Å². The van der Waals surface area contributed by atoms with Gasteiger partial charge in [0.25, 0.3) is 0 Å². The summed E-state index contributed by atoms with van der Waals surface area (Å²) in [4.78, 5) is 12.0. The zero-order chi connectivity index (χ0) is 21.6. The van der Waals surface area contributed by atoms with Crippen molar-refractivity contribution in [1.29, 1.82) is 0 Å². The highest BCUT2D eigenvalue weighted by molar-refractivity contribution is 5.98. The van der Waals surface area contributed by atoms with Gasteiger partial charge in [0.1, 0.15) is 5.82 Å². The highest BCUT2D eigenvalue weighted by Crippen LogP contribution is 2.43. The average molecular weight is 411 g/mol. The van der Waals surface area contributed by atoms with Gasteiger partial charge >= 0.3 is 6.18 Å². The second-order valence-electron chi connectivity index (χ2n) is 8.63. The maximum Gasteiger partial charge on any atom is 0.418 e. The van der Waals surface area contributed by atoms with Gasteiger partial charge in [0.2, 0.25) is 0 Å². The van der Waals surface area contributed by atoms with Crippen molar-refractivity contribution >= 4 is 5.78 Å². The highest BCUT2D eigenvalue weighted by Gasteiger charge is 2.56. The first-order chi connectivity index (χ1) is 13.3. The quantitative estimate of drug-likeness (QED) is 0.695. The summed E-state index contributed by atoms with van der Waals surface area (Å²) in [6.07, 6.45) is -2.66. The lowest BCUT2D eigenvalue weighted by molar-refractivity contribution is -0.271. The van der Waals surface area contributed by atoms with Crippen molar-refractivity contribution in [1.82, 2.24) is 4.57 Å². The van der Waals surface area contributed by atoms with Gasteiger partial charge in [0.05, 0.1) is 6.54 Å². The Kier molecular flexibility index (Phi) is 5.41. The smallest absolute Gasteiger partial charge is 0.379 e. The van der Waals surface area contributed by atoms with Crippen LogP contribution < -0.4 is 0 Å². The van der Waals surface area contributed by atoms with Crippen LogP contribution in [0.5, 0.6) is 0 Å². The summed E-state index contributed by atoms with van der Waals surface area (Å²) in [6.45, 7) is 4.13. The summed E-state index contributed by atoms with van der Waals surface area (Å²) < 4.78 is 57.2. The van der Waals surface area contributed by atoms with E-state index >= 15 is 0 Å². The Morgan fingerprint density at radius 3 is 2.48 bits per heavy atom. The minimum atomic E-state index is -4.90. The monoisotopic (exact) mass is 411 g/mol. The van der Waals surface area contributed by atoms with Crippen LogP contribution in [0.25, 0.3) is 0 Å². The lowest BCUT2D eigenvalue weighted by Crippen LogP contribution is -2.52. The van der Waals surface area contributed by atoms with E-state index < -0.39 is 36.0 Å². The Morgan fingerprint density at radius 1 is 1.14 bits per heavy atom. The van der Waals surface area contributed by atoms with Gasteiger partial charge in [-0.05, 0) is 60.9 Å². The van der Waals surface area contributed by atoms with Crippen LogP contribution in [0.15, 0.2) is 30.5 Å². The minimum Gasteiger partial charge on any atom is -0.379 e. The molecule has 1 aromatic carbocycles. The third kappa shape index (κ3) is 4.10. The van der Waals surface area contributed by atoms with Crippen LogP contribution in [-0.2, 0) is 18.4 Å². The molecule has 0 saturated carbocycles. The average Bonchev–Trinajstić information content (AvgIpc) is 2.99. The van der Waals surface area contributed by atoms with Gasteiger partial charge in [-0.15, -0.1) is 0 Å². The van der Waals surface area contributed by atoms with E-state index in [1.165, 1.54) is 35.0 Å². The molecule has 158 valence electrons. The molecule has 0 radical (unpaired) electrons. The number of alkyl halides is 3. The molecule has 1 heterocycles. The number of fused-ring (bicyclic) bond motifs is 1. The Bertz CT molecular complexity index is 929. The molecular formula is C22H25F4NO2. The number of aromatic nitrogens is 1. The number of hydrogen-bond acceptors (Lipinski definition) is 2. The Balaban J connectivity index is 1.98. The molecule has 29 heavy (non-hydrogen) atoms. The molecule has 3 rings (SSSR count). The first-order valence-corrected chi connectivity index (χ1v) is 9.61. The van der Waals surface area contributed by atoms with Crippen LogP contribution in [0.1, 0.15) is 60.3 Å². The number of aryl methyl sites for hydroxylation is 1. The van der Waals surface area contributed by atoms with Gasteiger partial charge in [-0.2, -0.15) is 13.2 Å². The summed E-state index contributed by atoms with van der Waals surface area (Å²) in [6, 6.07) is 5.53. The third-order valence-corrected chi connectivity index (χ3v) is 5.82. The SMILES string of the molecule is Cc1ccc(F)cc1C(C)(C)CC(O)(Cn1ccc2c1CCCC2=O)C(F)(F)F. The Hall–Kier alpha value is -2.15. The number of aliphatic hydroxyl groups is 1. The number of benzene rings is 1. The van der Waals surface area contributed by atoms with E-state index in [0.717, 1.165) is 0 Å². The normalized spacial score (nSPS) is 17.2. The Morgan fingerprint density at radius 2 is 1.83 bits per heavy atom. The molecule has 1 aliphatic rings. The van der Waals surface area contributed by atoms with Crippen LogP contribution in [0.2, 0.25) is 0 Å². The third-order valence-electron chi connectivity index (χ3n) is 5.82. The lowest BCUT2D eigenvalue weighted by atomic mass is 9.73. The number of hydrogen-bond donors (Lipinski definition) is 1. The second kappa shape index (κ2) is 7.27. The Labute approximate surface area is 167 Å². The first kappa shape index (κ1) is 21.6. The van der Waals surface area contributed by atoms with Crippen LogP contribution in [0.3, 0.4) is 0 Å². The molecular weight excluding hydrogens is 386 g/mol. The fourth-order valence-electron chi connectivity index (χ4n) is 4.41. The largest absolute Gasteiger partial charge is 0.418 e. The molecule has 0 bridgehead atoms. The van der Waals surface area contributed by atoms with E-state index in [4.69, 9.17) is 0 Å². The highest BCUT2D eigenvalue weighted by atomic mass is 19.4. The van der Waals surface area contributed by atoms with E-state index in [9.17, 15) is 27.5 Å². The van der Waals surface area contributed by atoms with E-state index in [-0.39, 0.29) is 5.78 Å². The first-order valence-electron chi connectivity index (χ1n) is 9.61. The van der Waals surface area contributed by atoms with E-state index in [1.54, 1.807) is 20.8 Å². The van der Waals surface area contributed by atoms with Crippen LogP contribution in [0, 0.1) is 12.7 Å². The van der Waals surface area contributed by atoms with Crippen molar-refractivity contribution in [3.63, 3.8) is 0 Å². The van der Waals surface area contributed by atoms with Gasteiger partial charge in [0.15, 0.2) is 11.4 Å². The minimum absolute atomic E-state index is 0.0868. The van der Waals surface area contributed by atoms with E-state index in [2.05, 4.69) is 0 Å². The number of halogens is 4. The topological polar surface area (TPSA) is 42.2 Å². The van der Waals surface area contributed by atoms with Crippen molar-refractivity contribution in [3.8, 4) is 0 Å². The molecule has 1 N–H and O–H groups in total. The summed E-state index contributed by atoms with van der Waals surface area (Å²) in [7, 11) is 0. The number of carbonyl (C=O) groups excluding carboxylic acids is 1. The zero-order valence-corrected chi connectivity index (χ0v) is 16.7. The van der Waals surface area contributed by atoms with Gasteiger partial charge in [-0.1, -0.05) is 19.9 Å². The molecule has 0 aliphatic heterocycles. The van der Waals surface area contributed by atoms with Gasteiger partial charge in [-0.3, -0.25) is 4.79 Å². The molecule has 1 aromatic heterocycles. The molecule has 1 atom stereocenters. The fraction of sp³-hybridized carbons (Fsp3) is 0.500. The molecule has 7 heteroatoms. The van der Waals surface area contributed by atoms with E-state index in [1.807, 2.05) is 0 Å². The summed E-state index contributed by atoms with van der Waals surface area (Å²) in [5, 5.41) is 10.8. The predicted octanol–water partition coefficient (Wildman–Crippen LogP) is 5.12. The molecule has 3 nitrogen and oxygen atoms in total. The van der Waals surface area contributed by atoms with Gasteiger partial charge in [0, 0.05) is 23.9 Å². The van der Waals surface area contributed by atoms with E-state index in [0.29, 0.717) is 41.6 Å².